The molecule has 0 radical (unpaired) electrons. The molecule has 18 heavy (non-hydrogen) atoms. The van der Waals surface area contributed by atoms with Gasteiger partial charge in [-0.3, -0.25) is 0 Å². The highest BCUT2D eigenvalue weighted by atomic mass is 19.4. The van der Waals surface area contributed by atoms with E-state index in [1.165, 1.54) is 12.8 Å². The van der Waals surface area contributed by atoms with Crippen molar-refractivity contribution in [3.63, 3.8) is 0 Å². The van der Waals surface area contributed by atoms with Crippen LogP contribution in [0.3, 0.4) is 0 Å². The second-order valence-corrected chi connectivity index (χ2v) is 5.34. The van der Waals surface area contributed by atoms with Gasteiger partial charge in [-0.25, -0.2) is 0 Å². The molecule has 0 amide bonds. The quantitative estimate of drug-likeness (QED) is 0.768. The molecule has 0 spiro atoms. The predicted molar refractivity (Wildman–Crippen MR) is 62.5 cm³/mol. The number of fused-ring (bicyclic) bond motifs is 2. The third kappa shape index (κ3) is 3.83. The lowest BCUT2D eigenvalue weighted by Gasteiger charge is -2.36. The van der Waals surface area contributed by atoms with Gasteiger partial charge in [-0.05, 0) is 32.7 Å². The van der Waals surface area contributed by atoms with Crippen LogP contribution >= 0.6 is 0 Å². The number of nitrogens with one attached hydrogen (secondary N) is 1. The van der Waals surface area contributed by atoms with Crippen LogP contribution < -0.4 is 5.32 Å². The molecule has 2 atom stereocenters. The minimum atomic E-state index is -4.22. The molecule has 0 aromatic rings. The third-order valence-electron chi connectivity index (χ3n) is 4.04. The third-order valence-corrected chi connectivity index (χ3v) is 4.04. The second-order valence-electron chi connectivity index (χ2n) is 5.34. The Morgan fingerprint density at radius 2 is 1.83 bits per heavy atom. The van der Waals surface area contributed by atoms with Crippen molar-refractivity contribution in [3.05, 3.63) is 0 Å². The topological polar surface area (TPSA) is 24.5 Å². The van der Waals surface area contributed by atoms with Crippen LogP contribution in [0, 0.1) is 0 Å². The minimum Gasteiger partial charge on any atom is -0.371 e. The number of hydrogen-bond donors (Lipinski definition) is 1. The Morgan fingerprint density at radius 1 is 1.22 bits per heavy atom. The summed E-state index contributed by atoms with van der Waals surface area (Å²) in [4.78, 5) is 2.44. The molecule has 2 unspecified atom stereocenters. The fourth-order valence-corrected chi connectivity index (χ4v) is 3.10. The monoisotopic (exact) mass is 266 g/mol. The number of piperidine rings is 1. The molecule has 0 aliphatic carbocycles. The van der Waals surface area contributed by atoms with E-state index in [0.717, 1.165) is 12.8 Å². The van der Waals surface area contributed by atoms with Crippen LogP contribution in [0.5, 0.6) is 0 Å². The summed E-state index contributed by atoms with van der Waals surface area (Å²) in [5.74, 6) is 0. The van der Waals surface area contributed by atoms with Crippen molar-refractivity contribution in [1.29, 1.82) is 0 Å². The zero-order valence-electron chi connectivity index (χ0n) is 10.7. The lowest BCUT2D eigenvalue weighted by molar-refractivity contribution is -0.173. The number of alkyl halides is 3. The van der Waals surface area contributed by atoms with E-state index >= 15 is 0 Å². The van der Waals surface area contributed by atoms with Gasteiger partial charge in [0, 0.05) is 24.7 Å². The first kappa shape index (κ1) is 14.1. The van der Waals surface area contributed by atoms with Gasteiger partial charge in [0.15, 0.2) is 0 Å². The Labute approximate surface area is 106 Å². The number of rotatable bonds is 5. The molecule has 2 rings (SSSR count). The van der Waals surface area contributed by atoms with Crippen molar-refractivity contribution in [2.24, 2.45) is 0 Å². The van der Waals surface area contributed by atoms with Crippen molar-refractivity contribution in [2.75, 3.05) is 26.8 Å². The van der Waals surface area contributed by atoms with E-state index in [0.29, 0.717) is 24.7 Å². The van der Waals surface area contributed by atoms with Crippen molar-refractivity contribution < 1.29 is 17.9 Å². The molecular formula is C12H21F3N2O. The molecule has 0 saturated carbocycles. The van der Waals surface area contributed by atoms with Gasteiger partial charge >= 0.3 is 6.18 Å². The van der Waals surface area contributed by atoms with Crippen LogP contribution in [-0.2, 0) is 4.74 Å². The maximum Gasteiger partial charge on any atom is 0.411 e. The van der Waals surface area contributed by atoms with Crippen LogP contribution in [-0.4, -0.2) is 56.0 Å². The van der Waals surface area contributed by atoms with Crippen molar-refractivity contribution in [1.82, 2.24) is 10.2 Å². The SMILES string of the molecule is CN1C2CCC1CC(NCCOCC(F)(F)F)C2. The molecule has 2 aliphatic rings. The van der Waals surface area contributed by atoms with Crippen LogP contribution in [0.2, 0.25) is 0 Å². The fraction of sp³-hybridized carbons (Fsp3) is 1.00. The maximum atomic E-state index is 11.8. The molecule has 6 heteroatoms. The van der Waals surface area contributed by atoms with Crippen molar-refractivity contribution in [3.8, 4) is 0 Å². The van der Waals surface area contributed by atoms with Gasteiger partial charge in [0.05, 0.1) is 6.61 Å². The van der Waals surface area contributed by atoms with E-state index in [-0.39, 0.29) is 6.61 Å². The Kier molecular flexibility index (Phi) is 4.50. The van der Waals surface area contributed by atoms with E-state index < -0.39 is 12.8 Å². The highest BCUT2D eigenvalue weighted by Gasteiger charge is 2.38. The van der Waals surface area contributed by atoms with E-state index in [4.69, 9.17) is 0 Å². The van der Waals surface area contributed by atoms with Gasteiger partial charge in [-0.1, -0.05) is 0 Å². The first-order valence-corrected chi connectivity index (χ1v) is 6.55. The molecule has 0 aromatic carbocycles. The molecule has 2 heterocycles. The molecular weight excluding hydrogens is 245 g/mol. The fourth-order valence-electron chi connectivity index (χ4n) is 3.10. The number of nitrogens with zero attached hydrogens (tertiary/aromatic N) is 1. The Bertz CT molecular complexity index is 259. The standard InChI is InChI=1S/C12H21F3N2O/c1-17-10-2-3-11(17)7-9(6-10)16-4-5-18-8-12(13,14)15/h9-11,16H,2-8H2,1H3. The summed E-state index contributed by atoms with van der Waals surface area (Å²) < 4.78 is 40.1. The van der Waals surface area contributed by atoms with Crippen LogP contribution in [0.15, 0.2) is 0 Å². The highest BCUT2D eigenvalue weighted by Crippen LogP contribution is 2.34. The number of ether oxygens (including phenoxy) is 1. The highest BCUT2D eigenvalue weighted by molar-refractivity contribution is 4.95. The zero-order chi connectivity index (χ0) is 13.2. The Morgan fingerprint density at radius 3 is 2.39 bits per heavy atom. The number of hydrogen-bond acceptors (Lipinski definition) is 3. The summed E-state index contributed by atoms with van der Waals surface area (Å²) in [5, 5.41) is 3.31. The maximum absolute atomic E-state index is 11.8. The first-order valence-electron chi connectivity index (χ1n) is 6.55. The van der Waals surface area contributed by atoms with E-state index in [1.807, 2.05) is 0 Å². The largest absolute Gasteiger partial charge is 0.411 e. The Balaban J connectivity index is 1.58. The number of halogens is 3. The molecule has 2 fully saturated rings. The van der Waals surface area contributed by atoms with Crippen LogP contribution in [0.1, 0.15) is 25.7 Å². The zero-order valence-corrected chi connectivity index (χ0v) is 10.7. The van der Waals surface area contributed by atoms with Crippen LogP contribution in [0.25, 0.3) is 0 Å². The molecule has 2 bridgehead atoms. The van der Waals surface area contributed by atoms with Gasteiger partial charge < -0.3 is 15.0 Å². The molecule has 2 saturated heterocycles. The van der Waals surface area contributed by atoms with Gasteiger partial charge in [0.1, 0.15) is 6.61 Å². The molecule has 2 aliphatic heterocycles. The molecule has 3 nitrogen and oxygen atoms in total. The van der Waals surface area contributed by atoms with Crippen molar-refractivity contribution >= 4 is 0 Å². The average molecular weight is 266 g/mol. The van der Waals surface area contributed by atoms with Gasteiger partial charge in [0.25, 0.3) is 0 Å². The summed E-state index contributed by atoms with van der Waals surface area (Å²) in [7, 11) is 2.17. The summed E-state index contributed by atoms with van der Waals surface area (Å²) in [5.41, 5.74) is 0. The first-order chi connectivity index (χ1) is 8.46. The summed E-state index contributed by atoms with van der Waals surface area (Å²) >= 11 is 0. The van der Waals surface area contributed by atoms with E-state index in [9.17, 15) is 13.2 Å². The van der Waals surface area contributed by atoms with E-state index in [1.54, 1.807) is 0 Å². The smallest absolute Gasteiger partial charge is 0.371 e. The lowest BCUT2D eigenvalue weighted by atomic mass is 9.98. The van der Waals surface area contributed by atoms with Crippen LogP contribution in [0.4, 0.5) is 13.2 Å². The molecule has 1 N–H and O–H groups in total. The normalized spacial score (nSPS) is 33.0. The molecule has 0 aromatic heterocycles. The predicted octanol–water partition coefficient (Wildman–Crippen LogP) is 1.78. The molecule has 106 valence electrons. The summed E-state index contributed by atoms with van der Waals surface area (Å²) in [6, 6.07) is 1.74. The Hall–Kier alpha value is -0.330. The van der Waals surface area contributed by atoms with Crippen molar-refractivity contribution in [2.45, 2.75) is 50.0 Å². The van der Waals surface area contributed by atoms with E-state index in [2.05, 4.69) is 22.0 Å². The lowest BCUT2D eigenvalue weighted by Crippen LogP contribution is -2.47. The van der Waals surface area contributed by atoms with Gasteiger partial charge in [0.2, 0.25) is 0 Å². The minimum absolute atomic E-state index is 0.126. The van der Waals surface area contributed by atoms with Gasteiger partial charge in [-0.2, -0.15) is 13.2 Å². The summed E-state index contributed by atoms with van der Waals surface area (Å²) in [6.45, 7) is -0.515. The summed E-state index contributed by atoms with van der Waals surface area (Å²) in [6.07, 6.45) is 0.499. The second kappa shape index (κ2) is 5.75. The van der Waals surface area contributed by atoms with Gasteiger partial charge in [-0.15, -0.1) is 0 Å². The average Bonchev–Trinajstić information content (AvgIpc) is 2.51.